The lowest BCUT2D eigenvalue weighted by atomic mass is 9.96. The zero-order chi connectivity index (χ0) is 17.0. The molecule has 1 aliphatic heterocycles. The zero-order valence-corrected chi connectivity index (χ0v) is 13.1. The molecular weight excluding hydrogens is 304 g/mol. The monoisotopic (exact) mass is 325 g/mol. The maximum Gasteiger partial charge on any atom is 0.318 e. The van der Waals surface area contributed by atoms with E-state index in [1.165, 1.54) is 23.2 Å². The Hall–Kier alpha value is -2.18. The number of aromatic nitrogens is 1. The summed E-state index contributed by atoms with van der Waals surface area (Å²) in [6.07, 6.45) is 3.62. The highest BCUT2D eigenvalue weighted by Crippen LogP contribution is 2.21. The topological polar surface area (TPSA) is 45.6 Å². The lowest BCUT2D eigenvalue weighted by Crippen LogP contribution is -2.41. The van der Waals surface area contributed by atoms with Crippen LogP contribution in [0.25, 0.3) is 0 Å². The molecule has 126 valence electrons. The van der Waals surface area contributed by atoms with Crippen LogP contribution in [0, 0.1) is 5.92 Å². The van der Waals surface area contributed by atoms with Crippen LogP contribution < -0.4 is 0 Å². The number of halogens is 2. The van der Waals surface area contributed by atoms with Crippen LogP contribution in [0.4, 0.5) is 8.78 Å². The highest BCUT2D eigenvalue weighted by atomic mass is 19.3. The van der Waals surface area contributed by atoms with E-state index in [0.717, 1.165) is 11.0 Å². The van der Waals surface area contributed by atoms with Crippen molar-refractivity contribution in [1.29, 1.82) is 0 Å². The van der Waals surface area contributed by atoms with Gasteiger partial charge >= 0.3 is 6.55 Å². The lowest BCUT2D eigenvalue weighted by molar-refractivity contribution is -0.135. The highest BCUT2D eigenvalue weighted by molar-refractivity contribution is 5.87. The minimum Gasteiger partial charge on any atom is -0.346 e. The average Bonchev–Trinajstić information content (AvgIpc) is 2.98. The van der Waals surface area contributed by atoms with Crippen LogP contribution in [0.5, 0.6) is 0 Å². The van der Waals surface area contributed by atoms with Crippen molar-refractivity contribution in [2.24, 2.45) is 5.92 Å². The molecule has 0 bridgehead atoms. The molecule has 0 saturated carbocycles. The first kappa shape index (κ1) is 17.2. The number of amides is 2. The quantitative estimate of drug-likeness (QED) is 0.753. The number of carbonyl (C=O) groups excluding carboxylic acids is 2. The van der Waals surface area contributed by atoms with E-state index in [1.807, 2.05) is 0 Å². The van der Waals surface area contributed by atoms with Crippen molar-refractivity contribution >= 4 is 11.8 Å². The largest absolute Gasteiger partial charge is 0.346 e. The molecule has 2 heterocycles. The normalized spacial score (nSPS) is 18.3. The van der Waals surface area contributed by atoms with E-state index in [1.54, 1.807) is 18.0 Å². The molecule has 1 atom stereocenters. The van der Waals surface area contributed by atoms with Crippen LogP contribution in [0.1, 0.15) is 25.1 Å². The smallest absolute Gasteiger partial charge is 0.318 e. The Balaban J connectivity index is 2.08. The fraction of sp³-hybridized carbons (Fsp3) is 0.500. The molecule has 1 aromatic heterocycles. The second-order valence-electron chi connectivity index (χ2n) is 5.78. The molecule has 0 spiro atoms. The average molecular weight is 325 g/mol. The number of likely N-dealkylation sites (tertiary alicyclic amines) is 1. The Labute approximate surface area is 134 Å². The van der Waals surface area contributed by atoms with Crippen molar-refractivity contribution in [1.82, 2.24) is 14.4 Å². The summed E-state index contributed by atoms with van der Waals surface area (Å²) in [6, 6.07) is 3.09. The van der Waals surface area contributed by atoms with Gasteiger partial charge in [0, 0.05) is 38.4 Å². The van der Waals surface area contributed by atoms with Crippen molar-refractivity contribution in [2.45, 2.75) is 25.9 Å². The Bertz CT molecular complexity index is 586. The van der Waals surface area contributed by atoms with Crippen molar-refractivity contribution in [3.05, 3.63) is 36.7 Å². The van der Waals surface area contributed by atoms with Gasteiger partial charge in [0.15, 0.2) is 0 Å². The van der Waals surface area contributed by atoms with E-state index in [0.29, 0.717) is 25.2 Å². The summed E-state index contributed by atoms with van der Waals surface area (Å²) in [7, 11) is 1.75. The summed E-state index contributed by atoms with van der Waals surface area (Å²) in [5, 5.41) is 0. The van der Waals surface area contributed by atoms with E-state index >= 15 is 0 Å². The molecule has 2 amide bonds. The SMILES string of the molecule is C=CC(=O)N(Cc1cccn1C(F)F)CC1CCN(C)C(=O)C1. The van der Waals surface area contributed by atoms with Gasteiger partial charge in [-0.25, -0.2) is 0 Å². The summed E-state index contributed by atoms with van der Waals surface area (Å²) < 4.78 is 26.7. The van der Waals surface area contributed by atoms with Gasteiger partial charge in [-0.3, -0.25) is 14.2 Å². The van der Waals surface area contributed by atoms with Crippen LogP contribution >= 0.6 is 0 Å². The maximum atomic E-state index is 12.9. The molecule has 0 radical (unpaired) electrons. The van der Waals surface area contributed by atoms with Gasteiger partial charge in [-0.2, -0.15) is 8.78 Å². The molecule has 1 aliphatic rings. The Morgan fingerprint density at radius 2 is 2.30 bits per heavy atom. The molecular formula is C16H21F2N3O2. The number of carbonyl (C=O) groups is 2. The first-order valence-electron chi connectivity index (χ1n) is 7.51. The third-order valence-corrected chi connectivity index (χ3v) is 4.16. The van der Waals surface area contributed by atoms with Crippen LogP contribution in [-0.2, 0) is 16.1 Å². The molecule has 23 heavy (non-hydrogen) atoms. The molecule has 1 saturated heterocycles. The molecule has 2 rings (SSSR count). The fourth-order valence-corrected chi connectivity index (χ4v) is 2.78. The number of hydrogen-bond acceptors (Lipinski definition) is 2. The number of rotatable bonds is 6. The van der Waals surface area contributed by atoms with Gasteiger partial charge in [-0.15, -0.1) is 0 Å². The van der Waals surface area contributed by atoms with Gasteiger partial charge in [0.1, 0.15) is 0 Å². The number of hydrogen-bond donors (Lipinski definition) is 0. The van der Waals surface area contributed by atoms with Gasteiger partial charge in [0.2, 0.25) is 11.8 Å². The zero-order valence-electron chi connectivity index (χ0n) is 13.1. The first-order chi connectivity index (χ1) is 10.9. The summed E-state index contributed by atoms with van der Waals surface area (Å²) >= 11 is 0. The van der Waals surface area contributed by atoms with Gasteiger partial charge in [-0.05, 0) is 30.5 Å². The first-order valence-corrected chi connectivity index (χ1v) is 7.51. The van der Waals surface area contributed by atoms with Crippen molar-refractivity contribution in [3.63, 3.8) is 0 Å². The summed E-state index contributed by atoms with van der Waals surface area (Å²) in [4.78, 5) is 27.0. The van der Waals surface area contributed by atoms with Crippen molar-refractivity contribution < 1.29 is 18.4 Å². The number of nitrogens with zero attached hydrogens (tertiary/aromatic N) is 3. The minimum atomic E-state index is -2.65. The van der Waals surface area contributed by atoms with Crippen LogP contribution in [-0.4, -0.2) is 46.3 Å². The molecule has 0 aliphatic carbocycles. The Kier molecular flexibility index (Phi) is 5.52. The molecule has 5 nitrogen and oxygen atoms in total. The highest BCUT2D eigenvalue weighted by Gasteiger charge is 2.26. The van der Waals surface area contributed by atoms with Gasteiger partial charge in [0.05, 0.1) is 6.54 Å². The third-order valence-electron chi connectivity index (χ3n) is 4.16. The van der Waals surface area contributed by atoms with Crippen LogP contribution in [0.15, 0.2) is 31.0 Å². The molecule has 1 aromatic rings. The number of piperidine rings is 1. The van der Waals surface area contributed by atoms with Gasteiger partial charge in [0.25, 0.3) is 0 Å². The molecule has 0 aromatic carbocycles. The van der Waals surface area contributed by atoms with E-state index in [-0.39, 0.29) is 24.3 Å². The second-order valence-corrected chi connectivity index (χ2v) is 5.78. The molecule has 7 heteroatoms. The summed E-state index contributed by atoms with van der Waals surface area (Å²) in [6.45, 7) is 1.90. The molecule has 1 unspecified atom stereocenters. The van der Waals surface area contributed by atoms with E-state index < -0.39 is 6.55 Å². The Morgan fingerprint density at radius 3 is 2.91 bits per heavy atom. The predicted octanol–water partition coefficient (Wildman–Crippen LogP) is 2.27. The summed E-state index contributed by atoms with van der Waals surface area (Å²) in [5.41, 5.74) is 0.356. The standard InChI is InChI=1S/C16H21F2N3O2/c1-3-14(22)20(10-12-6-8-19(2)15(23)9-12)11-13-5-4-7-21(13)16(17)18/h3-5,7,12,16H,1,6,8-11H2,2H3. The van der Waals surface area contributed by atoms with Crippen molar-refractivity contribution in [3.8, 4) is 0 Å². The van der Waals surface area contributed by atoms with Gasteiger partial charge in [-0.1, -0.05) is 6.58 Å². The van der Waals surface area contributed by atoms with E-state index in [4.69, 9.17) is 0 Å². The number of alkyl halides is 2. The molecule has 0 N–H and O–H groups in total. The van der Waals surface area contributed by atoms with Crippen LogP contribution in [0.2, 0.25) is 0 Å². The minimum absolute atomic E-state index is 0.0394. The fourth-order valence-electron chi connectivity index (χ4n) is 2.78. The maximum absolute atomic E-state index is 12.9. The van der Waals surface area contributed by atoms with Crippen LogP contribution in [0.3, 0.4) is 0 Å². The second kappa shape index (κ2) is 7.39. The summed E-state index contributed by atoms with van der Waals surface area (Å²) in [5.74, 6) is -0.237. The van der Waals surface area contributed by atoms with Crippen molar-refractivity contribution in [2.75, 3.05) is 20.1 Å². The third kappa shape index (κ3) is 4.18. The Morgan fingerprint density at radius 1 is 1.57 bits per heavy atom. The lowest BCUT2D eigenvalue weighted by Gasteiger charge is -2.32. The predicted molar refractivity (Wildman–Crippen MR) is 81.7 cm³/mol. The van der Waals surface area contributed by atoms with Gasteiger partial charge < -0.3 is 9.80 Å². The van der Waals surface area contributed by atoms with E-state index in [9.17, 15) is 18.4 Å². The molecule has 1 fully saturated rings. The van der Waals surface area contributed by atoms with E-state index in [2.05, 4.69) is 6.58 Å².